The first kappa shape index (κ1) is 16.4. The first-order chi connectivity index (χ1) is 10.6. The third-order valence-corrected chi connectivity index (χ3v) is 3.89. The standard InChI is InChI=1S/C15H17NO5S/c1-20-8-11-10-4-2-3-5-12(10)21-14(11)15(19)16-6-7-22-9-13(17)18/h2-5H,6-9H2,1H3,(H,16,19)(H,17,18). The van der Waals surface area contributed by atoms with Gasteiger partial charge in [0.1, 0.15) is 5.58 Å². The number of aliphatic carboxylic acids is 1. The molecule has 1 aromatic heterocycles. The van der Waals surface area contributed by atoms with Crippen LogP contribution in [0.5, 0.6) is 0 Å². The Morgan fingerprint density at radius 2 is 2.14 bits per heavy atom. The van der Waals surface area contributed by atoms with Crippen LogP contribution < -0.4 is 5.32 Å². The van der Waals surface area contributed by atoms with E-state index < -0.39 is 5.97 Å². The van der Waals surface area contributed by atoms with Gasteiger partial charge in [-0.25, -0.2) is 0 Å². The molecule has 0 aliphatic rings. The minimum atomic E-state index is -0.865. The lowest BCUT2D eigenvalue weighted by Gasteiger charge is -2.04. The molecule has 118 valence electrons. The van der Waals surface area contributed by atoms with Crippen LogP contribution in [0.2, 0.25) is 0 Å². The lowest BCUT2D eigenvalue weighted by molar-refractivity contribution is -0.133. The molecule has 0 atom stereocenters. The Labute approximate surface area is 131 Å². The molecule has 0 saturated heterocycles. The van der Waals surface area contributed by atoms with Crippen LogP contribution >= 0.6 is 11.8 Å². The van der Waals surface area contributed by atoms with Crippen molar-refractivity contribution >= 4 is 34.6 Å². The number of benzene rings is 1. The van der Waals surface area contributed by atoms with E-state index in [1.165, 1.54) is 11.8 Å². The molecule has 1 heterocycles. The normalized spacial score (nSPS) is 10.8. The molecule has 2 aromatic rings. The highest BCUT2D eigenvalue weighted by Gasteiger charge is 2.19. The van der Waals surface area contributed by atoms with Gasteiger partial charge in [0.05, 0.1) is 12.4 Å². The molecule has 1 amide bonds. The molecule has 0 radical (unpaired) electrons. The first-order valence-corrected chi connectivity index (χ1v) is 7.86. The summed E-state index contributed by atoms with van der Waals surface area (Å²) in [6, 6.07) is 7.40. The summed E-state index contributed by atoms with van der Waals surface area (Å²) < 4.78 is 10.8. The van der Waals surface area contributed by atoms with E-state index in [9.17, 15) is 9.59 Å². The number of carbonyl (C=O) groups excluding carboxylic acids is 1. The largest absolute Gasteiger partial charge is 0.481 e. The molecule has 22 heavy (non-hydrogen) atoms. The maximum atomic E-state index is 12.2. The molecule has 6 nitrogen and oxygen atoms in total. The average Bonchev–Trinajstić information content (AvgIpc) is 2.86. The summed E-state index contributed by atoms with van der Waals surface area (Å²) in [6.07, 6.45) is 0. The third kappa shape index (κ3) is 4.02. The SMILES string of the molecule is COCc1c(C(=O)NCCSCC(=O)O)oc2ccccc12. The van der Waals surface area contributed by atoms with Crippen molar-refractivity contribution in [3.8, 4) is 0 Å². The fourth-order valence-corrected chi connectivity index (χ4v) is 2.61. The number of carbonyl (C=O) groups is 2. The van der Waals surface area contributed by atoms with Crippen molar-refractivity contribution in [3.63, 3.8) is 0 Å². The van der Waals surface area contributed by atoms with E-state index >= 15 is 0 Å². The van der Waals surface area contributed by atoms with Gasteiger partial charge in [0.15, 0.2) is 5.76 Å². The second-order valence-corrected chi connectivity index (χ2v) is 5.65. The second kappa shape index (κ2) is 7.86. The minimum Gasteiger partial charge on any atom is -0.481 e. The van der Waals surface area contributed by atoms with Gasteiger partial charge in [-0.1, -0.05) is 18.2 Å². The van der Waals surface area contributed by atoms with E-state index in [-0.39, 0.29) is 24.0 Å². The van der Waals surface area contributed by atoms with Crippen LogP contribution in [0.3, 0.4) is 0 Å². The number of carboxylic acid groups (broad SMARTS) is 1. The van der Waals surface area contributed by atoms with Gasteiger partial charge in [0, 0.05) is 30.4 Å². The lowest BCUT2D eigenvalue weighted by atomic mass is 10.1. The molecule has 0 unspecified atom stereocenters. The Morgan fingerprint density at radius 3 is 2.86 bits per heavy atom. The van der Waals surface area contributed by atoms with Crippen LogP contribution in [-0.2, 0) is 16.1 Å². The molecule has 0 saturated carbocycles. The van der Waals surface area contributed by atoms with Crippen molar-refractivity contribution in [2.75, 3.05) is 25.2 Å². The van der Waals surface area contributed by atoms with Crippen molar-refractivity contribution in [2.24, 2.45) is 0 Å². The number of hydrogen-bond acceptors (Lipinski definition) is 5. The van der Waals surface area contributed by atoms with Gasteiger partial charge in [0.25, 0.3) is 5.91 Å². The minimum absolute atomic E-state index is 0.0232. The van der Waals surface area contributed by atoms with Crippen LogP contribution in [0.15, 0.2) is 28.7 Å². The van der Waals surface area contributed by atoms with Crippen molar-refractivity contribution in [2.45, 2.75) is 6.61 Å². The second-order valence-electron chi connectivity index (χ2n) is 4.54. The molecular weight excluding hydrogens is 306 g/mol. The topological polar surface area (TPSA) is 88.8 Å². The summed E-state index contributed by atoms with van der Waals surface area (Å²) in [7, 11) is 1.56. The Morgan fingerprint density at radius 1 is 1.36 bits per heavy atom. The Balaban J connectivity index is 2.04. The average molecular weight is 323 g/mol. The maximum absolute atomic E-state index is 12.2. The van der Waals surface area contributed by atoms with Gasteiger partial charge in [-0.05, 0) is 6.07 Å². The molecule has 0 aliphatic carbocycles. The Hall–Kier alpha value is -1.99. The van der Waals surface area contributed by atoms with Crippen molar-refractivity contribution in [1.82, 2.24) is 5.32 Å². The zero-order valence-corrected chi connectivity index (χ0v) is 12.9. The van der Waals surface area contributed by atoms with E-state index in [0.29, 0.717) is 23.4 Å². The van der Waals surface area contributed by atoms with Gasteiger partial charge in [0.2, 0.25) is 0 Å². The van der Waals surface area contributed by atoms with Crippen molar-refractivity contribution < 1.29 is 23.8 Å². The third-order valence-electron chi connectivity index (χ3n) is 2.95. The molecule has 2 rings (SSSR count). The lowest BCUT2D eigenvalue weighted by Crippen LogP contribution is -2.26. The van der Waals surface area contributed by atoms with E-state index in [1.807, 2.05) is 18.2 Å². The summed E-state index contributed by atoms with van der Waals surface area (Å²) in [4.78, 5) is 22.6. The monoisotopic (exact) mass is 323 g/mol. The van der Waals surface area contributed by atoms with E-state index in [2.05, 4.69) is 5.32 Å². The quantitative estimate of drug-likeness (QED) is 0.724. The Kier molecular flexibility index (Phi) is 5.85. The van der Waals surface area contributed by atoms with Gasteiger partial charge in [-0.15, -0.1) is 11.8 Å². The number of ether oxygens (including phenoxy) is 1. The van der Waals surface area contributed by atoms with E-state index in [0.717, 1.165) is 5.39 Å². The van der Waals surface area contributed by atoms with Crippen LogP contribution in [0, 0.1) is 0 Å². The van der Waals surface area contributed by atoms with Crippen LogP contribution in [-0.4, -0.2) is 42.1 Å². The van der Waals surface area contributed by atoms with Gasteiger partial charge < -0.3 is 19.6 Å². The predicted octanol–water partition coefficient (Wildman–Crippen LogP) is 2.13. The number of rotatable bonds is 8. The van der Waals surface area contributed by atoms with Crippen molar-refractivity contribution in [1.29, 1.82) is 0 Å². The number of methoxy groups -OCH3 is 1. The predicted molar refractivity (Wildman–Crippen MR) is 84.2 cm³/mol. The summed E-state index contributed by atoms with van der Waals surface area (Å²) in [5.74, 6) is -0.394. The number of fused-ring (bicyclic) bond motifs is 1. The molecule has 0 fully saturated rings. The van der Waals surface area contributed by atoms with Gasteiger partial charge >= 0.3 is 5.97 Å². The fraction of sp³-hybridized carbons (Fsp3) is 0.333. The molecule has 2 N–H and O–H groups in total. The zero-order valence-electron chi connectivity index (χ0n) is 12.1. The Bertz CT molecular complexity index is 667. The molecule has 1 aromatic carbocycles. The van der Waals surface area contributed by atoms with Crippen molar-refractivity contribution in [3.05, 3.63) is 35.6 Å². The number of nitrogens with one attached hydrogen (secondary N) is 1. The summed E-state index contributed by atoms with van der Waals surface area (Å²) >= 11 is 1.25. The highest BCUT2D eigenvalue weighted by molar-refractivity contribution is 7.99. The summed E-state index contributed by atoms with van der Waals surface area (Å²) in [6.45, 7) is 0.660. The van der Waals surface area contributed by atoms with Crippen LogP contribution in [0.4, 0.5) is 0 Å². The summed E-state index contributed by atoms with van der Waals surface area (Å²) in [5.41, 5.74) is 1.36. The smallest absolute Gasteiger partial charge is 0.313 e. The molecule has 0 aliphatic heterocycles. The van der Waals surface area contributed by atoms with E-state index in [4.69, 9.17) is 14.3 Å². The highest BCUT2D eigenvalue weighted by atomic mass is 32.2. The first-order valence-electron chi connectivity index (χ1n) is 6.70. The van der Waals surface area contributed by atoms with Crippen LogP contribution in [0.1, 0.15) is 16.1 Å². The van der Waals surface area contributed by atoms with Crippen LogP contribution in [0.25, 0.3) is 11.0 Å². The number of para-hydroxylation sites is 1. The van der Waals surface area contributed by atoms with E-state index in [1.54, 1.807) is 13.2 Å². The maximum Gasteiger partial charge on any atom is 0.313 e. The number of amides is 1. The number of thioether (sulfide) groups is 1. The highest BCUT2D eigenvalue weighted by Crippen LogP contribution is 2.26. The molecule has 7 heteroatoms. The summed E-state index contributed by atoms with van der Waals surface area (Å²) in [5, 5.41) is 12.1. The zero-order chi connectivity index (χ0) is 15.9. The van der Waals surface area contributed by atoms with Gasteiger partial charge in [-0.3, -0.25) is 9.59 Å². The number of furan rings is 1. The molecule has 0 spiro atoms. The number of carboxylic acids is 1. The van der Waals surface area contributed by atoms with Gasteiger partial charge in [-0.2, -0.15) is 0 Å². The number of hydrogen-bond donors (Lipinski definition) is 2. The fourth-order valence-electron chi connectivity index (χ4n) is 2.05. The molecular formula is C15H17NO5S. The molecule has 0 bridgehead atoms.